The van der Waals surface area contributed by atoms with E-state index in [2.05, 4.69) is 21.0 Å². The predicted octanol–water partition coefficient (Wildman–Crippen LogP) is 10.1. The quantitative estimate of drug-likeness (QED) is 0.173. The molecular formula is C39H27F3N6. The van der Waals surface area contributed by atoms with Gasteiger partial charge >= 0.3 is 6.18 Å². The molecule has 0 saturated heterocycles. The molecule has 0 unspecified atom stereocenters. The molecule has 7 rings (SSSR count). The zero-order chi connectivity index (χ0) is 33.1. The second-order valence-corrected chi connectivity index (χ2v) is 11.1. The number of nitrogens with zero attached hydrogens (tertiary/aromatic N) is 6. The van der Waals surface area contributed by atoms with Gasteiger partial charge < -0.3 is 0 Å². The molecule has 0 aliphatic rings. The van der Waals surface area contributed by atoms with Crippen LogP contribution in [0.15, 0.2) is 146 Å². The number of rotatable bonds is 7. The average Bonchev–Trinajstić information content (AvgIpc) is 3.12. The lowest BCUT2D eigenvalue weighted by molar-refractivity contribution is -0.137. The van der Waals surface area contributed by atoms with Gasteiger partial charge in [0.2, 0.25) is 0 Å². The van der Waals surface area contributed by atoms with E-state index in [-0.39, 0.29) is 0 Å². The van der Waals surface area contributed by atoms with Crippen LogP contribution in [0, 0.1) is 6.92 Å². The molecule has 6 nitrogen and oxygen atoms in total. The molecule has 5 aromatic heterocycles. The number of benzene rings is 2. The Kier molecular flexibility index (Phi) is 8.17. The van der Waals surface area contributed by atoms with Gasteiger partial charge in [0.15, 0.2) is 0 Å². The maximum Gasteiger partial charge on any atom is 0.416 e. The highest BCUT2D eigenvalue weighted by Crippen LogP contribution is 2.40. The first-order valence-electron chi connectivity index (χ1n) is 15.1. The summed E-state index contributed by atoms with van der Waals surface area (Å²) in [4.78, 5) is 25.0. The SMILES string of the molecule is Cc1cccc(-c2nc(N(c3ccccn3)c3ccc(-c4ccncc4)c(-c4cccc(C(F)(F)F)c4)n3)ccc2-c2ccncc2)c1. The largest absolute Gasteiger partial charge is 0.416 e. The summed E-state index contributed by atoms with van der Waals surface area (Å²) in [6, 6.07) is 33.9. The molecule has 0 saturated carbocycles. The Balaban J connectivity index is 1.46. The fourth-order valence-electron chi connectivity index (χ4n) is 5.59. The highest BCUT2D eigenvalue weighted by atomic mass is 19.4. The van der Waals surface area contributed by atoms with Crippen LogP contribution >= 0.6 is 0 Å². The van der Waals surface area contributed by atoms with Crippen molar-refractivity contribution in [2.24, 2.45) is 0 Å². The molecule has 234 valence electrons. The van der Waals surface area contributed by atoms with Crippen LogP contribution in [0.2, 0.25) is 0 Å². The van der Waals surface area contributed by atoms with Crippen molar-refractivity contribution in [3.63, 3.8) is 0 Å². The molecule has 0 aliphatic carbocycles. The molecule has 0 amide bonds. The van der Waals surface area contributed by atoms with Crippen molar-refractivity contribution in [3.8, 4) is 44.8 Å². The van der Waals surface area contributed by atoms with Crippen molar-refractivity contribution < 1.29 is 13.2 Å². The van der Waals surface area contributed by atoms with Crippen LogP contribution in [-0.4, -0.2) is 24.9 Å². The third-order valence-corrected chi connectivity index (χ3v) is 7.84. The normalized spacial score (nSPS) is 11.3. The van der Waals surface area contributed by atoms with E-state index in [4.69, 9.17) is 9.97 Å². The number of halogens is 3. The molecule has 0 aliphatic heterocycles. The number of aromatic nitrogens is 5. The third-order valence-electron chi connectivity index (χ3n) is 7.84. The zero-order valence-corrected chi connectivity index (χ0v) is 25.7. The number of anilines is 3. The van der Waals surface area contributed by atoms with E-state index in [0.29, 0.717) is 34.3 Å². The molecule has 0 fully saturated rings. The molecule has 0 atom stereocenters. The number of aryl methyl sites for hydroxylation is 1. The minimum atomic E-state index is -4.52. The number of alkyl halides is 3. The van der Waals surface area contributed by atoms with E-state index in [1.807, 2.05) is 84.6 Å². The van der Waals surface area contributed by atoms with Crippen LogP contribution in [0.1, 0.15) is 11.1 Å². The zero-order valence-electron chi connectivity index (χ0n) is 25.7. The summed E-state index contributed by atoms with van der Waals surface area (Å²) >= 11 is 0. The molecule has 7 aromatic rings. The van der Waals surface area contributed by atoms with Crippen LogP contribution in [0.3, 0.4) is 0 Å². The Morgan fingerprint density at radius 1 is 0.500 bits per heavy atom. The van der Waals surface area contributed by atoms with Gasteiger partial charge in [0.05, 0.1) is 17.0 Å². The van der Waals surface area contributed by atoms with E-state index < -0.39 is 11.7 Å². The van der Waals surface area contributed by atoms with Crippen molar-refractivity contribution in [3.05, 3.63) is 157 Å². The first kappa shape index (κ1) is 30.4. The Morgan fingerprint density at radius 2 is 1.06 bits per heavy atom. The summed E-state index contributed by atoms with van der Waals surface area (Å²) < 4.78 is 41.6. The van der Waals surface area contributed by atoms with Crippen LogP contribution < -0.4 is 4.90 Å². The van der Waals surface area contributed by atoms with Crippen LogP contribution in [0.5, 0.6) is 0 Å². The predicted molar refractivity (Wildman–Crippen MR) is 182 cm³/mol. The van der Waals surface area contributed by atoms with Crippen molar-refractivity contribution >= 4 is 17.5 Å². The minimum absolute atomic E-state index is 0.320. The van der Waals surface area contributed by atoms with Gasteiger partial charge in [-0.2, -0.15) is 13.2 Å². The maximum atomic E-state index is 13.9. The summed E-state index contributed by atoms with van der Waals surface area (Å²) in [6.45, 7) is 2.03. The molecule has 0 spiro atoms. The van der Waals surface area contributed by atoms with Gasteiger partial charge in [0.1, 0.15) is 17.5 Å². The highest BCUT2D eigenvalue weighted by molar-refractivity contribution is 5.86. The molecule has 0 N–H and O–H groups in total. The van der Waals surface area contributed by atoms with E-state index >= 15 is 0 Å². The van der Waals surface area contributed by atoms with Crippen LogP contribution in [0.25, 0.3) is 44.8 Å². The number of hydrogen-bond acceptors (Lipinski definition) is 6. The Labute approximate surface area is 275 Å². The summed E-state index contributed by atoms with van der Waals surface area (Å²) in [5.74, 6) is 1.50. The molecule has 2 aromatic carbocycles. The Bertz CT molecular complexity index is 2190. The lowest BCUT2D eigenvalue weighted by atomic mass is 9.98. The van der Waals surface area contributed by atoms with Gasteiger partial charge in [-0.3, -0.25) is 14.9 Å². The van der Waals surface area contributed by atoms with Gasteiger partial charge in [0.25, 0.3) is 0 Å². The second kappa shape index (κ2) is 12.9. The van der Waals surface area contributed by atoms with Crippen LogP contribution in [-0.2, 0) is 6.18 Å². The lowest BCUT2D eigenvalue weighted by Crippen LogP contribution is -2.15. The molecule has 9 heteroatoms. The highest BCUT2D eigenvalue weighted by Gasteiger charge is 2.31. The fraction of sp³-hybridized carbons (Fsp3) is 0.0513. The standard InChI is InChI=1S/C39H27F3N6/c1-26-6-4-7-29(24-26)37-32(27-15-20-43-21-16-27)11-13-35(46-37)48(34-10-2-3-19-45-34)36-14-12-33(28-17-22-44-23-18-28)38(47-36)30-8-5-9-31(25-30)39(40,41)42/h2-25H,1H3. The van der Waals surface area contributed by atoms with Gasteiger partial charge in [-0.1, -0.05) is 42.0 Å². The van der Waals surface area contributed by atoms with E-state index in [9.17, 15) is 13.2 Å². The topological polar surface area (TPSA) is 67.7 Å². The van der Waals surface area contributed by atoms with Crippen molar-refractivity contribution in [2.75, 3.05) is 4.90 Å². The Morgan fingerprint density at radius 3 is 1.58 bits per heavy atom. The fourth-order valence-corrected chi connectivity index (χ4v) is 5.59. The Hall–Kier alpha value is -6.22. The van der Waals surface area contributed by atoms with Crippen molar-refractivity contribution in [1.82, 2.24) is 24.9 Å². The summed E-state index contributed by atoms with van der Waals surface area (Å²) in [6.07, 6.45) is 3.92. The first-order valence-corrected chi connectivity index (χ1v) is 15.1. The summed E-state index contributed by atoms with van der Waals surface area (Å²) in [5, 5.41) is 0. The lowest BCUT2D eigenvalue weighted by Gasteiger charge is -2.25. The van der Waals surface area contributed by atoms with E-state index in [0.717, 1.165) is 45.6 Å². The minimum Gasteiger partial charge on any atom is -0.265 e. The van der Waals surface area contributed by atoms with E-state index in [1.165, 1.54) is 6.07 Å². The van der Waals surface area contributed by atoms with Gasteiger partial charge in [-0.05, 0) is 96.9 Å². The third kappa shape index (κ3) is 6.26. The van der Waals surface area contributed by atoms with Crippen molar-refractivity contribution in [2.45, 2.75) is 13.1 Å². The van der Waals surface area contributed by atoms with E-state index in [1.54, 1.807) is 49.2 Å². The second-order valence-electron chi connectivity index (χ2n) is 11.1. The molecule has 0 radical (unpaired) electrons. The maximum absolute atomic E-state index is 13.9. The monoisotopic (exact) mass is 636 g/mol. The molecule has 0 bridgehead atoms. The smallest absolute Gasteiger partial charge is 0.265 e. The average molecular weight is 637 g/mol. The van der Waals surface area contributed by atoms with Crippen LogP contribution in [0.4, 0.5) is 30.6 Å². The molecular weight excluding hydrogens is 609 g/mol. The van der Waals surface area contributed by atoms with Gasteiger partial charge in [0, 0.05) is 53.2 Å². The summed E-state index contributed by atoms with van der Waals surface area (Å²) in [5.41, 5.74) is 5.98. The van der Waals surface area contributed by atoms with Gasteiger partial charge in [-0.15, -0.1) is 0 Å². The van der Waals surface area contributed by atoms with Crippen molar-refractivity contribution in [1.29, 1.82) is 0 Å². The first-order chi connectivity index (χ1) is 23.3. The molecule has 5 heterocycles. The summed E-state index contributed by atoms with van der Waals surface area (Å²) in [7, 11) is 0. The number of hydrogen-bond donors (Lipinski definition) is 0. The van der Waals surface area contributed by atoms with Gasteiger partial charge in [-0.25, -0.2) is 15.0 Å². The number of pyridine rings is 5. The molecule has 48 heavy (non-hydrogen) atoms.